The monoisotopic (exact) mass is 444 g/mol. The molecule has 180 valence electrons. The van der Waals surface area contributed by atoms with Crippen LogP contribution in [0.15, 0.2) is 36.4 Å². The predicted octanol–water partition coefficient (Wildman–Crippen LogP) is 5.77. The number of ether oxygens (including phenoxy) is 1. The van der Waals surface area contributed by atoms with E-state index in [1.807, 2.05) is 63.3 Å². The number of hydrogen-bond donors (Lipinski definition) is 2. The molecular formula is C27H44N2O3. The molecule has 0 spiro atoms. The number of hydrazine groups is 1. The van der Waals surface area contributed by atoms with Crippen LogP contribution in [0.4, 0.5) is 0 Å². The molecule has 0 unspecified atom stereocenters. The van der Waals surface area contributed by atoms with E-state index in [0.29, 0.717) is 18.8 Å². The van der Waals surface area contributed by atoms with Gasteiger partial charge in [0.05, 0.1) is 11.8 Å². The summed E-state index contributed by atoms with van der Waals surface area (Å²) in [6, 6.07) is 9.95. The SMILES string of the molecule is CCC(CC)CNNC(=O)[C@H](CC(C)C)[C@H](C/C=C/c1ccccc1)C(=O)OC(C)(C)C. The van der Waals surface area contributed by atoms with Crippen molar-refractivity contribution in [1.29, 1.82) is 0 Å². The summed E-state index contributed by atoms with van der Waals surface area (Å²) in [5.74, 6) is -0.710. The minimum atomic E-state index is -0.606. The Morgan fingerprint density at radius 1 is 1.03 bits per heavy atom. The van der Waals surface area contributed by atoms with Crippen molar-refractivity contribution in [3.8, 4) is 0 Å². The van der Waals surface area contributed by atoms with Crippen LogP contribution in [0, 0.1) is 23.7 Å². The number of carbonyl (C=O) groups is 2. The minimum Gasteiger partial charge on any atom is -0.460 e. The Labute approximate surface area is 195 Å². The van der Waals surface area contributed by atoms with Crippen LogP contribution in [0.3, 0.4) is 0 Å². The van der Waals surface area contributed by atoms with Gasteiger partial charge in [0.2, 0.25) is 5.91 Å². The lowest BCUT2D eigenvalue weighted by molar-refractivity contribution is -0.164. The van der Waals surface area contributed by atoms with E-state index < -0.39 is 17.4 Å². The molecule has 1 amide bonds. The second-order valence-electron chi connectivity index (χ2n) is 9.98. The second kappa shape index (κ2) is 14.1. The van der Waals surface area contributed by atoms with E-state index in [2.05, 4.69) is 38.5 Å². The van der Waals surface area contributed by atoms with Crippen molar-refractivity contribution in [2.24, 2.45) is 23.7 Å². The van der Waals surface area contributed by atoms with Gasteiger partial charge in [0.15, 0.2) is 0 Å². The summed E-state index contributed by atoms with van der Waals surface area (Å²) in [5.41, 5.74) is 6.42. The average molecular weight is 445 g/mol. The van der Waals surface area contributed by atoms with Gasteiger partial charge < -0.3 is 4.74 Å². The van der Waals surface area contributed by atoms with Gasteiger partial charge in [-0.05, 0) is 51.0 Å². The molecule has 5 nitrogen and oxygen atoms in total. The zero-order valence-corrected chi connectivity index (χ0v) is 21.1. The van der Waals surface area contributed by atoms with Gasteiger partial charge >= 0.3 is 5.97 Å². The first-order valence-electron chi connectivity index (χ1n) is 12.0. The van der Waals surface area contributed by atoms with E-state index in [9.17, 15) is 9.59 Å². The van der Waals surface area contributed by atoms with E-state index in [1.165, 1.54) is 0 Å². The van der Waals surface area contributed by atoms with Crippen LogP contribution >= 0.6 is 0 Å². The zero-order chi connectivity index (χ0) is 24.1. The predicted molar refractivity (Wildman–Crippen MR) is 133 cm³/mol. The lowest BCUT2D eigenvalue weighted by Gasteiger charge is -2.29. The normalized spacial score (nSPS) is 14.0. The topological polar surface area (TPSA) is 67.4 Å². The number of hydrogen-bond acceptors (Lipinski definition) is 4. The molecule has 0 saturated carbocycles. The minimum absolute atomic E-state index is 0.145. The Bertz CT molecular complexity index is 703. The highest BCUT2D eigenvalue weighted by molar-refractivity contribution is 5.85. The molecule has 32 heavy (non-hydrogen) atoms. The van der Waals surface area contributed by atoms with Crippen molar-refractivity contribution in [2.45, 2.75) is 79.8 Å². The first kappa shape index (κ1) is 27.9. The molecule has 2 N–H and O–H groups in total. The third-order valence-corrected chi connectivity index (χ3v) is 5.51. The number of rotatable bonds is 13. The zero-order valence-electron chi connectivity index (χ0n) is 21.1. The van der Waals surface area contributed by atoms with E-state index in [0.717, 1.165) is 24.9 Å². The maximum Gasteiger partial charge on any atom is 0.310 e. The van der Waals surface area contributed by atoms with Gasteiger partial charge in [-0.3, -0.25) is 15.0 Å². The lowest BCUT2D eigenvalue weighted by Crippen LogP contribution is -2.47. The number of nitrogens with one attached hydrogen (secondary N) is 2. The summed E-state index contributed by atoms with van der Waals surface area (Å²) in [7, 11) is 0. The summed E-state index contributed by atoms with van der Waals surface area (Å²) in [5, 5.41) is 0. The van der Waals surface area contributed by atoms with Gasteiger partial charge in [0.25, 0.3) is 0 Å². The quantitative estimate of drug-likeness (QED) is 0.299. The third-order valence-electron chi connectivity index (χ3n) is 5.51. The van der Waals surface area contributed by atoms with Crippen molar-refractivity contribution in [3.05, 3.63) is 42.0 Å². The van der Waals surface area contributed by atoms with Crippen LogP contribution in [0.1, 0.15) is 79.7 Å². The van der Waals surface area contributed by atoms with Crippen molar-refractivity contribution in [1.82, 2.24) is 10.9 Å². The van der Waals surface area contributed by atoms with Gasteiger partial charge in [0.1, 0.15) is 5.60 Å². The van der Waals surface area contributed by atoms with Gasteiger partial charge in [-0.15, -0.1) is 0 Å². The second-order valence-corrected chi connectivity index (χ2v) is 9.98. The largest absolute Gasteiger partial charge is 0.460 e. The van der Waals surface area contributed by atoms with E-state index in [-0.39, 0.29) is 17.8 Å². The average Bonchev–Trinajstić information content (AvgIpc) is 2.72. The molecule has 0 aliphatic carbocycles. The smallest absolute Gasteiger partial charge is 0.310 e. The molecule has 1 aromatic rings. The third kappa shape index (κ3) is 10.9. The fraction of sp³-hybridized carbons (Fsp3) is 0.630. The number of esters is 1. The van der Waals surface area contributed by atoms with Gasteiger partial charge in [-0.2, -0.15) is 0 Å². The molecule has 0 fully saturated rings. The molecule has 0 aliphatic heterocycles. The van der Waals surface area contributed by atoms with Crippen LogP contribution in [0.2, 0.25) is 0 Å². The van der Waals surface area contributed by atoms with Gasteiger partial charge in [0, 0.05) is 6.54 Å². The molecule has 5 heteroatoms. The summed E-state index contributed by atoms with van der Waals surface area (Å²) in [4.78, 5) is 26.3. The molecule has 1 rings (SSSR count). The highest BCUT2D eigenvalue weighted by Gasteiger charge is 2.36. The van der Waals surface area contributed by atoms with Crippen LogP contribution in [-0.2, 0) is 14.3 Å². The molecule has 0 aromatic heterocycles. The fourth-order valence-corrected chi connectivity index (χ4v) is 3.63. The van der Waals surface area contributed by atoms with E-state index in [1.54, 1.807) is 0 Å². The van der Waals surface area contributed by atoms with E-state index in [4.69, 9.17) is 4.74 Å². The Morgan fingerprint density at radius 3 is 2.19 bits per heavy atom. The highest BCUT2D eigenvalue weighted by atomic mass is 16.6. The Morgan fingerprint density at radius 2 is 1.66 bits per heavy atom. The Kier molecular flexibility index (Phi) is 12.3. The molecule has 0 saturated heterocycles. The van der Waals surface area contributed by atoms with Crippen molar-refractivity contribution in [2.75, 3.05) is 6.54 Å². The fourth-order valence-electron chi connectivity index (χ4n) is 3.63. The number of allylic oxidation sites excluding steroid dienone is 1. The number of amides is 1. The molecule has 0 heterocycles. The summed E-state index contributed by atoms with van der Waals surface area (Å²) in [6.45, 7) is 14.7. The van der Waals surface area contributed by atoms with Crippen LogP contribution < -0.4 is 10.9 Å². The van der Waals surface area contributed by atoms with Gasteiger partial charge in [-0.25, -0.2) is 5.43 Å². The van der Waals surface area contributed by atoms with Crippen LogP contribution in [0.25, 0.3) is 6.08 Å². The van der Waals surface area contributed by atoms with Crippen molar-refractivity contribution >= 4 is 18.0 Å². The number of benzene rings is 1. The maximum absolute atomic E-state index is 13.2. The van der Waals surface area contributed by atoms with Crippen LogP contribution in [0.5, 0.6) is 0 Å². The maximum atomic E-state index is 13.2. The van der Waals surface area contributed by atoms with E-state index >= 15 is 0 Å². The first-order chi connectivity index (χ1) is 15.1. The van der Waals surface area contributed by atoms with Crippen LogP contribution in [-0.4, -0.2) is 24.0 Å². The number of carbonyl (C=O) groups excluding carboxylic acids is 2. The molecule has 1 aromatic carbocycles. The molecule has 2 atom stereocenters. The molecule has 0 radical (unpaired) electrons. The first-order valence-corrected chi connectivity index (χ1v) is 12.0. The van der Waals surface area contributed by atoms with Crippen molar-refractivity contribution < 1.29 is 14.3 Å². The molecule has 0 aliphatic rings. The Hall–Kier alpha value is -2.14. The molecular weight excluding hydrogens is 400 g/mol. The standard InChI is InChI=1S/C27H44N2O3/c1-8-21(9-2)19-28-29-25(30)24(18-20(3)4)23(26(31)32-27(5,6)7)17-13-16-22-14-11-10-12-15-22/h10-16,20-21,23-24,28H,8-9,17-19H2,1-7H3,(H,29,30)/b16-13+/t23-,24+/m0/s1. The highest BCUT2D eigenvalue weighted by Crippen LogP contribution is 2.28. The van der Waals surface area contributed by atoms with Gasteiger partial charge in [-0.1, -0.05) is 83.0 Å². The molecule has 0 bridgehead atoms. The summed E-state index contributed by atoms with van der Waals surface area (Å²) >= 11 is 0. The summed E-state index contributed by atoms with van der Waals surface area (Å²) < 4.78 is 5.72. The lowest BCUT2D eigenvalue weighted by atomic mass is 9.82. The summed E-state index contributed by atoms with van der Waals surface area (Å²) in [6.07, 6.45) is 7.14. The Balaban J connectivity index is 3.03. The van der Waals surface area contributed by atoms with Crippen molar-refractivity contribution in [3.63, 3.8) is 0 Å².